The largest absolute Gasteiger partial charge is 0.497 e. The predicted octanol–water partition coefficient (Wildman–Crippen LogP) is 3.42. The zero-order valence-electron chi connectivity index (χ0n) is 17.1. The van der Waals surface area contributed by atoms with Gasteiger partial charge in [-0.2, -0.15) is 0 Å². The van der Waals surface area contributed by atoms with Crippen LogP contribution in [0.5, 0.6) is 11.5 Å². The monoisotopic (exact) mass is 414 g/mol. The van der Waals surface area contributed by atoms with Gasteiger partial charge in [-0.3, -0.25) is 14.9 Å². The van der Waals surface area contributed by atoms with E-state index in [4.69, 9.17) is 14.2 Å². The number of aryl methyl sites for hydroxylation is 1. The second kappa shape index (κ2) is 10.1. The van der Waals surface area contributed by atoms with E-state index in [1.807, 2.05) is 0 Å². The summed E-state index contributed by atoms with van der Waals surface area (Å²) in [4.78, 5) is 34.6. The summed E-state index contributed by atoms with van der Waals surface area (Å²) < 4.78 is 15.2. The average molecular weight is 414 g/mol. The molecule has 0 aliphatic rings. The van der Waals surface area contributed by atoms with Crippen LogP contribution in [-0.4, -0.2) is 37.6 Å². The number of ether oxygens (including phenoxy) is 3. The fourth-order valence-corrected chi connectivity index (χ4v) is 2.56. The molecule has 0 radical (unpaired) electrons. The lowest BCUT2D eigenvalue weighted by molar-refractivity contribution is -0.384. The molecule has 0 aliphatic heterocycles. The third-order valence-electron chi connectivity index (χ3n) is 4.31. The number of hydrogen-bond acceptors (Lipinski definition) is 7. The Labute approximate surface area is 173 Å². The van der Waals surface area contributed by atoms with Gasteiger partial charge in [0, 0.05) is 18.2 Å². The summed E-state index contributed by atoms with van der Waals surface area (Å²) in [6.45, 7) is 2.84. The summed E-state index contributed by atoms with van der Waals surface area (Å²) in [5.74, 6) is -0.326. The Hall–Kier alpha value is -3.88. The second-order valence-corrected chi connectivity index (χ2v) is 6.29. The molecule has 158 valence electrons. The summed E-state index contributed by atoms with van der Waals surface area (Å²) in [6, 6.07) is 7.99. The molecule has 1 amide bonds. The number of rotatable bonds is 8. The summed E-state index contributed by atoms with van der Waals surface area (Å²) in [6.07, 6.45) is 2.64. The summed E-state index contributed by atoms with van der Waals surface area (Å²) in [5, 5.41) is 13.6. The molecule has 2 rings (SSSR count). The number of carbonyl (C=O) groups is 2. The van der Waals surface area contributed by atoms with E-state index in [0.717, 1.165) is 11.6 Å². The van der Waals surface area contributed by atoms with Crippen LogP contribution >= 0.6 is 0 Å². The lowest BCUT2D eigenvalue weighted by Gasteiger charge is -2.11. The van der Waals surface area contributed by atoms with Crippen molar-refractivity contribution in [3.63, 3.8) is 0 Å². The third kappa shape index (κ3) is 5.81. The number of hydrogen-bond donors (Lipinski definition) is 1. The van der Waals surface area contributed by atoms with Crippen molar-refractivity contribution >= 4 is 29.3 Å². The minimum absolute atomic E-state index is 0.0834. The minimum Gasteiger partial charge on any atom is -0.497 e. The highest BCUT2D eigenvalue weighted by atomic mass is 16.6. The van der Waals surface area contributed by atoms with E-state index < -0.39 is 23.4 Å². The van der Waals surface area contributed by atoms with Gasteiger partial charge in [0.2, 0.25) is 0 Å². The van der Waals surface area contributed by atoms with Crippen LogP contribution in [0.1, 0.15) is 16.7 Å². The van der Waals surface area contributed by atoms with Crippen molar-refractivity contribution < 1.29 is 28.7 Å². The molecule has 0 unspecified atom stereocenters. The quantitative estimate of drug-likeness (QED) is 0.304. The van der Waals surface area contributed by atoms with Gasteiger partial charge in [-0.25, -0.2) is 4.79 Å². The Bertz CT molecular complexity index is 977. The molecule has 1 N–H and O–H groups in total. The van der Waals surface area contributed by atoms with E-state index in [1.165, 1.54) is 26.4 Å². The Kier molecular flexibility index (Phi) is 7.51. The van der Waals surface area contributed by atoms with Gasteiger partial charge in [-0.15, -0.1) is 0 Å². The minimum atomic E-state index is -0.748. The smallest absolute Gasteiger partial charge is 0.331 e. The number of anilines is 1. The molecular weight excluding hydrogens is 392 g/mol. The van der Waals surface area contributed by atoms with Crippen molar-refractivity contribution in [2.75, 3.05) is 26.1 Å². The molecule has 0 heterocycles. The van der Waals surface area contributed by atoms with Crippen LogP contribution in [0.2, 0.25) is 0 Å². The van der Waals surface area contributed by atoms with E-state index >= 15 is 0 Å². The zero-order chi connectivity index (χ0) is 22.3. The van der Waals surface area contributed by atoms with Crippen molar-refractivity contribution in [2.45, 2.75) is 13.8 Å². The highest BCUT2D eigenvalue weighted by molar-refractivity contribution is 5.97. The standard InChI is InChI=1S/C21H22N2O7/c1-13-5-7-18(23(26)27)21(14(13)2)22-19(24)12-30-20(25)8-6-15-9-16(28-3)11-17(10-15)29-4/h5-11H,12H2,1-4H3,(H,22,24)/b8-6+. The third-order valence-corrected chi connectivity index (χ3v) is 4.31. The first-order valence-corrected chi connectivity index (χ1v) is 8.87. The average Bonchev–Trinajstić information content (AvgIpc) is 2.73. The lowest BCUT2D eigenvalue weighted by Crippen LogP contribution is -2.21. The van der Waals surface area contributed by atoms with Crippen LogP contribution in [0.15, 0.2) is 36.4 Å². The van der Waals surface area contributed by atoms with Crippen LogP contribution in [0.3, 0.4) is 0 Å². The SMILES string of the molecule is COc1cc(/C=C/C(=O)OCC(=O)Nc2c([N+](=O)[O-])ccc(C)c2C)cc(OC)c1. The van der Waals surface area contributed by atoms with Gasteiger partial charge in [0.25, 0.3) is 11.6 Å². The Morgan fingerprint density at radius 3 is 2.30 bits per heavy atom. The summed E-state index contributed by atoms with van der Waals surface area (Å²) in [5.41, 5.74) is 1.84. The van der Waals surface area contributed by atoms with Crippen molar-refractivity contribution in [3.05, 3.63) is 63.2 Å². The van der Waals surface area contributed by atoms with Gasteiger partial charge >= 0.3 is 5.97 Å². The first kappa shape index (κ1) is 22.4. The number of esters is 1. The predicted molar refractivity (Wildman–Crippen MR) is 111 cm³/mol. The first-order chi connectivity index (χ1) is 14.2. The van der Waals surface area contributed by atoms with E-state index in [1.54, 1.807) is 38.1 Å². The van der Waals surface area contributed by atoms with Crippen LogP contribution < -0.4 is 14.8 Å². The number of nitro groups is 1. The highest BCUT2D eigenvalue weighted by Crippen LogP contribution is 2.30. The van der Waals surface area contributed by atoms with Crippen LogP contribution in [0, 0.1) is 24.0 Å². The second-order valence-electron chi connectivity index (χ2n) is 6.29. The molecule has 0 fully saturated rings. The van der Waals surface area contributed by atoms with Crippen molar-refractivity contribution in [2.24, 2.45) is 0 Å². The molecule has 9 nitrogen and oxygen atoms in total. The Balaban J connectivity index is 2.01. The van der Waals surface area contributed by atoms with Gasteiger partial charge in [0.1, 0.15) is 17.2 Å². The normalized spacial score (nSPS) is 10.5. The maximum absolute atomic E-state index is 12.1. The van der Waals surface area contributed by atoms with Gasteiger partial charge in [-0.05, 0) is 48.7 Å². The molecule has 0 bridgehead atoms. The molecule has 0 atom stereocenters. The maximum Gasteiger partial charge on any atom is 0.331 e. The molecule has 0 aromatic heterocycles. The van der Waals surface area contributed by atoms with Crippen LogP contribution in [-0.2, 0) is 14.3 Å². The lowest BCUT2D eigenvalue weighted by atomic mass is 10.1. The molecule has 9 heteroatoms. The topological polar surface area (TPSA) is 117 Å². The fraction of sp³-hybridized carbons (Fsp3) is 0.238. The van der Waals surface area contributed by atoms with Gasteiger partial charge in [-0.1, -0.05) is 6.07 Å². The Morgan fingerprint density at radius 1 is 1.10 bits per heavy atom. The molecule has 30 heavy (non-hydrogen) atoms. The van der Waals surface area contributed by atoms with Gasteiger partial charge < -0.3 is 19.5 Å². The fourth-order valence-electron chi connectivity index (χ4n) is 2.56. The molecule has 2 aromatic rings. The molecule has 0 saturated carbocycles. The molecule has 0 saturated heterocycles. The molecule has 2 aromatic carbocycles. The first-order valence-electron chi connectivity index (χ1n) is 8.87. The number of nitro benzene ring substituents is 1. The van der Waals surface area contributed by atoms with Crippen molar-refractivity contribution in [1.29, 1.82) is 0 Å². The van der Waals surface area contributed by atoms with Crippen LogP contribution in [0.4, 0.5) is 11.4 Å². The number of methoxy groups -OCH3 is 2. The van der Waals surface area contributed by atoms with Crippen molar-refractivity contribution in [3.8, 4) is 11.5 Å². The van der Waals surface area contributed by atoms with Crippen molar-refractivity contribution in [1.82, 2.24) is 0 Å². The number of nitrogens with zero attached hydrogens (tertiary/aromatic N) is 1. The van der Waals surface area contributed by atoms with E-state index in [2.05, 4.69) is 5.32 Å². The maximum atomic E-state index is 12.1. The van der Waals surface area contributed by atoms with E-state index in [9.17, 15) is 19.7 Å². The highest BCUT2D eigenvalue weighted by Gasteiger charge is 2.19. The molecule has 0 spiro atoms. The van der Waals surface area contributed by atoms with Gasteiger partial charge in [0.05, 0.1) is 19.1 Å². The number of benzene rings is 2. The summed E-state index contributed by atoms with van der Waals surface area (Å²) >= 11 is 0. The van der Waals surface area contributed by atoms with Crippen LogP contribution in [0.25, 0.3) is 6.08 Å². The summed E-state index contributed by atoms with van der Waals surface area (Å²) in [7, 11) is 3.02. The number of nitrogens with one attached hydrogen (secondary N) is 1. The number of amides is 1. The molecular formula is C21H22N2O7. The van der Waals surface area contributed by atoms with E-state index in [0.29, 0.717) is 22.6 Å². The van der Waals surface area contributed by atoms with Gasteiger partial charge in [0.15, 0.2) is 6.61 Å². The van der Waals surface area contributed by atoms with E-state index in [-0.39, 0.29) is 11.4 Å². The number of carbonyl (C=O) groups excluding carboxylic acids is 2. The Morgan fingerprint density at radius 2 is 1.73 bits per heavy atom. The zero-order valence-corrected chi connectivity index (χ0v) is 17.1. The molecule has 0 aliphatic carbocycles.